The molecule has 1 aliphatic rings. The molecule has 0 unspecified atom stereocenters. The van der Waals surface area contributed by atoms with Crippen molar-refractivity contribution in [2.45, 2.75) is 25.8 Å². The van der Waals surface area contributed by atoms with E-state index in [0.29, 0.717) is 18.8 Å². The van der Waals surface area contributed by atoms with Crippen molar-refractivity contribution < 1.29 is 14.3 Å². The van der Waals surface area contributed by atoms with Crippen LogP contribution in [0.5, 0.6) is 5.75 Å². The Hall–Kier alpha value is -2.56. The second-order valence-corrected chi connectivity index (χ2v) is 6.15. The zero-order valence-corrected chi connectivity index (χ0v) is 13.8. The van der Waals surface area contributed by atoms with E-state index in [1.54, 1.807) is 6.92 Å². The number of fused-ring (bicyclic) bond motifs is 1. The molecule has 0 bridgehead atoms. The van der Waals surface area contributed by atoms with Gasteiger partial charge in [0.1, 0.15) is 5.75 Å². The summed E-state index contributed by atoms with van der Waals surface area (Å²) in [6.07, 6.45) is 1.59. The Morgan fingerprint density at radius 1 is 1.12 bits per heavy atom. The summed E-state index contributed by atoms with van der Waals surface area (Å²) in [5, 5.41) is 5.22. The van der Waals surface area contributed by atoms with Gasteiger partial charge in [-0.2, -0.15) is 0 Å². The van der Waals surface area contributed by atoms with Gasteiger partial charge >= 0.3 is 0 Å². The summed E-state index contributed by atoms with van der Waals surface area (Å²) in [7, 11) is 0. The molecule has 1 N–H and O–H groups in total. The average Bonchev–Trinajstić information content (AvgIpc) is 2.60. The summed E-state index contributed by atoms with van der Waals surface area (Å²) in [4.78, 5) is 25.2. The van der Waals surface area contributed by atoms with E-state index in [1.165, 1.54) is 0 Å². The van der Waals surface area contributed by atoms with E-state index in [2.05, 4.69) is 5.32 Å². The number of amides is 2. The molecule has 1 saturated heterocycles. The van der Waals surface area contributed by atoms with Crippen LogP contribution in [0.2, 0.25) is 0 Å². The summed E-state index contributed by atoms with van der Waals surface area (Å²) in [5.74, 6) is 0.666. The largest absolute Gasteiger partial charge is 0.484 e. The lowest BCUT2D eigenvalue weighted by atomic mass is 10.1. The second kappa shape index (κ2) is 7.34. The number of ether oxygens (including phenoxy) is 1. The Labute approximate surface area is 141 Å². The van der Waals surface area contributed by atoms with Gasteiger partial charge in [0.25, 0.3) is 5.91 Å². The maximum Gasteiger partial charge on any atom is 0.258 e. The number of hydrogen-bond acceptors (Lipinski definition) is 3. The van der Waals surface area contributed by atoms with Crippen molar-refractivity contribution in [3.8, 4) is 5.75 Å². The van der Waals surface area contributed by atoms with Crippen molar-refractivity contribution in [1.82, 2.24) is 10.2 Å². The molecule has 1 fully saturated rings. The molecule has 1 heterocycles. The van der Waals surface area contributed by atoms with Crippen LogP contribution in [-0.4, -0.2) is 42.5 Å². The molecule has 5 nitrogen and oxygen atoms in total. The van der Waals surface area contributed by atoms with Crippen LogP contribution >= 0.6 is 0 Å². The predicted molar refractivity (Wildman–Crippen MR) is 92.9 cm³/mol. The van der Waals surface area contributed by atoms with Crippen molar-refractivity contribution in [1.29, 1.82) is 0 Å². The molecule has 0 aliphatic carbocycles. The van der Waals surface area contributed by atoms with Crippen LogP contribution in [0.25, 0.3) is 10.8 Å². The first-order valence-electron chi connectivity index (χ1n) is 8.28. The van der Waals surface area contributed by atoms with E-state index in [1.807, 2.05) is 47.4 Å². The summed E-state index contributed by atoms with van der Waals surface area (Å²) < 4.78 is 5.60. The third kappa shape index (κ3) is 4.04. The van der Waals surface area contributed by atoms with E-state index in [4.69, 9.17) is 4.74 Å². The SMILES string of the molecule is CC(=O)N1CCC(NC(=O)COc2ccc3ccccc3c2)CC1. The lowest BCUT2D eigenvalue weighted by Gasteiger charge is -2.31. The third-order valence-corrected chi connectivity index (χ3v) is 4.40. The van der Waals surface area contributed by atoms with Gasteiger partial charge in [0, 0.05) is 26.1 Å². The second-order valence-electron chi connectivity index (χ2n) is 6.15. The highest BCUT2D eigenvalue weighted by atomic mass is 16.5. The van der Waals surface area contributed by atoms with Crippen LogP contribution < -0.4 is 10.1 Å². The molecule has 5 heteroatoms. The smallest absolute Gasteiger partial charge is 0.258 e. The van der Waals surface area contributed by atoms with Crippen molar-refractivity contribution in [3.05, 3.63) is 42.5 Å². The molecule has 24 heavy (non-hydrogen) atoms. The van der Waals surface area contributed by atoms with Crippen LogP contribution in [-0.2, 0) is 9.59 Å². The Kier molecular flexibility index (Phi) is 4.99. The summed E-state index contributed by atoms with van der Waals surface area (Å²) in [6, 6.07) is 14.0. The van der Waals surface area contributed by atoms with Gasteiger partial charge in [-0.1, -0.05) is 30.3 Å². The van der Waals surface area contributed by atoms with Gasteiger partial charge in [0.2, 0.25) is 5.91 Å². The standard InChI is InChI=1S/C19H22N2O3/c1-14(22)21-10-8-17(9-11-21)20-19(23)13-24-18-7-6-15-4-2-3-5-16(15)12-18/h2-7,12,17H,8-11,13H2,1H3,(H,20,23). The van der Waals surface area contributed by atoms with Crippen molar-refractivity contribution in [2.24, 2.45) is 0 Å². The maximum atomic E-state index is 12.0. The highest BCUT2D eigenvalue weighted by Crippen LogP contribution is 2.20. The number of benzene rings is 2. The van der Waals surface area contributed by atoms with Gasteiger partial charge in [0.15, 0.2) is 6.61 Å². The number of carbonyl (C=O) groups is 2. The van der Waals surface area contributed by atoms with Gasteiger partial charge < -0.3 is 15.0 Å². The molecule has 126 valence electrons. The molecule has 0 saturated carbocycles. The van der Waals surface area contributed by atoms with E-state index in [-0.39, 0.29) is 24.5 Å². The molecule has 0 radical (unpaired) electrons. The summed E-state index contributed by atoms with van der Waals surface area (Å²) >= 11 is 0. The number of nitrogens with one attached hydrogen (secondary N) is 1. The van der Waals surface area contributed by atoms with E-state index in [9.17, 15) is 9.59 Å². The Morgan fingerprint density at radius 2 is 1.83 bits per heavy atom. The highest BCUT2D eigenvalue weighted by Gasteiger charge is 2.21. The van der Waals surface area contributed by atoms with Crippen molar-refractivity contribution >= 4 is 22.6 Å². The lowest BCUT2D eigenvalue weighted by molar-refractivity contribution is -0.130. The molecule has 0 aromatic heterocycles. The minimum absolute atomic E-state index is 0.00522. The number of nitrogens with zero attached hydrogens (tertiary/aromatic N) is 1. The minimum Gasteiger partial charge on any atom is -0.484 e. The van der Waals surface area contributed by atoms with Gasteiger partial charge in [-0.25, -0.2) is 0 Å². The molecular weight excluding hydrogens is 304 g/mol. The quantitative estimate of drug-likeness (QED) is 0.938. The number of hydrogen-bond donors (Lipinski definition) is 1. The fraction of sp³-hybridized carbons (Fsp3) is 0.368. The van der Waals surface area contributed by atoms with Crippen LogP contribution in [0.1, 0.15) is 19.8 Å². The topological polar surface area (TPSA) is 58.6 Å². The first-order valence-corrected chi connectivity index (χ1v) is 8.28. The zero-order valence-electron chi connectivity index (χ0n) is 13.8. The first-order chi connectivity index (χ1) is 11.6. The Bertz CT molecular complexity index is 736. The molecule has 1 aliphatic heterocycles. The number of rotatable bonds is 4. The molecular formula is C19H22N2O3. The van der Waals surface area contributed by atoms with Crippen LogP contribution in [0.4, 0.5) is 0 Å². The number of likely N-dealkylation sites (tertiary alicyclic amines) is 1. The molecule has 2 aromatic rings. The highest BCUT2D eigenvalue weighted by molar-refractivity contribution is 5.84. The monoisotopic (exact) mass is 326 g/mol. The Morgan fingerprint density at radius 3 is 2.54 bits per heavy atom. The number of carbonyl (C=O) groups excluding carboxylic acids is 2. The normalized spacial score (nSPS) is 15.3. The molecule has 2 aromatic carbocycles. The lowest BCUT2D eigenvalue weighted by Crippen LogP contribution is -2.47. The van der Waals surface area contributed by atoms with Crippen molar-refractivity contribution in [3.63, 3.8) is 0 Å². The van der Waals surface area contributed by atoms with Gasteiger partial charge in [0.05, 0.1) is 0 Å². The van der Waals surface area contributed by atoms with Crippen LogP contribution in [0.15, 0.2) is 42.5 Å². The summed E-state index contributed by atoms with van der Waals surface area (Å²) in [5.41, 5.74) is 0. The minimum atomic E-state index is -0.121. The Balaban J connectivity index is 1.47. The van der Waals surface area contributed by atoms with E-state index in [0.717, 1.165) is 23.6 Å². The summed E-state index contributed by atoms with van der Waals surface area (Å²) in [6.45, 7) is 2.99. The van der Waals surface area contributed by atoms with Gasteiger partial charge in [-0.05, 0) is 35.7 Å². The van der Waals surface area contributed by atoms with Gasteiger partial charge in [-0.15, -0.1) is 0 Å². The van der Waals surface area contributed by atoms with Crippen LogP contribution in [0.3, 0.4) is 0 Å². The van der Waals surface area contributed by atoms with Crippen molar-refractivity contribution in [2.75, 3.05) is 19.7 Å². The third-order valence-electron chi connectivity index (χ3n) is 4.40. The maximum absolute atomic E-state index is 12.0. The van der Waals surface area contributed by atoms with E-state index < -0.39 is 0 Å². The van der Waals surface area contributed by atoms with Gasteiger partial charge in [-0.3, -0.25) is 9.59 Å². The zero-order chi connectivity index (χ0) is 16.9. The molecule has 0 atom stereocenters. The molecule has 0 spiro atoms. The fourth-order valence-corrected chi connectivity index (χ4v) is 3.01. The van der Waals surface area contributed by atoms with Crippen LogP contribution in [0, 0.1) is 0 Å². The molecule has 3 rings (SSSR count). The van der Waals surface area contributed by atoms with E-state index >= 15 is 0 Å². The first kappa shape index (κ1) is 16.3. The fourth-order valence-electron chi connectivity index (χ4n) is 3.01. The predicted octanol–water partition coefficient (Wildman–Crippen LogP) is 2.35. The average molecular weight is 326 g/mol. The molecule has 2 amide bonds. The number of piperidine rings is 1.